The zero-order valence-electron chi connectivity index (χ0n) is 11.2. The van der Waals surface area contributed by atoms with Crippen LogP contribution >= 0.6 is 27.5 Å². The molecule has 0 saturated heterocycles. The van der Waals surface area contributed by atoms with E-state index in [2.05, 4.69) is 26.0 Å². The highest BCUT2D eigenvalue weighted by Gasteiger charge is 2.19. The lowest BCUT2D eigenvalue weighted by Crippen LogP contribution is -2.17. The summed E-state index contributed by atoms with van der Waals surface area (Å²) in [4.78, 5) is 0.242. The van der Waals surface area contributed by atoms with Crippen LogP contribution in [0.2, 0.25) is 5.02 Å². The van der Waals surface area contributed by atoms with Crippen molar-refractivity contribution < 1.29 is 8.42 Å². The normalized spacial score (nSPS) is 11.4. The van der Waals surface area contributed by atoms with Gasteiger partial charge in [0.05, 0.1) is 20.1 Å². The van der Waals surface area contributed by atoms with Gasteiger partial charge in [-0.3, -0.25) is 4.72 Å². The topological polar surface area (TPSA) is 58.2 Å². The Kier molecular flexibility index (Phi) is 5.27. The van der Waals surface area contributed by atoms with E-state index in [1.54, 1.807) is 49.5 Å². The lowest BCUT2D eigenvalue weighted by Gasteiger charge is -2.13. The van der Waals surface area contributed by atoms with E-state index in [1.807, 2.05) is 0 Å². The van der Waals surface area contributed by atoms with Gasteiger partial charge in [-0.25, -0.2) is 8.42 Å². The quantitative estimate of drug-likeness (QED) is 0.821. The largest absolute Gasteiger partial charge is 0.316 e. The number of hydrogen-bond donors (Lipinski definition) is 2. The Hall–Kier alpha value is -1.08. The molecular weight excluding hydrogens is 376 g/mol. The third-order valence-corrected chi connectivity index (χ3v) is 5.69. The second kappa shape index (κ2) is 6.79. The first-order valence-corrected chi connectivity index (χ1v) is 8.80. The SMILES string of the molecule is CNCc1ccccc1S(=O)(=O)Nc1cccc(Cl)c1Br. The minimum atomic E-state index is -3.68. The maximum Gasteiger partial charge on any atom is 0.262 e. The van der Waals surface area contributed by atoms with Crippen LogP contribution in [0.3, 0.4) is 0 Å². The molecule has 0 aromatic heterocycles. The molecule has 0 fully saturated rings. The molecule has 2 aromatic carbocycles. The molecule has 7 heteroatoms. The van der Waals surface area contributed by atoms with Gasteiger partial charge in [-0.05, 0) is 46.7 Å². The maximum atomic E-state index is 12.6. The molecule has 4 nitrogen and oxygen atoms in total. The molecule has 2 aromatic rings. The van der Waals surface area contributed by atoms with E-state index in [9.17, 15) is 8.42 Å². The van der Waals surface area contributed by atoms with Crippen molar-refractivity contribution in [3.63, 3.8) is 0 Å². The molecule has 2 N–H and O–H groups in total. The summed E-state index contributed by atoms with van der Waals surface area (Å²) < 4.78 is 28.2. The van der Waals surface area contributed by atoms with Gasteiger partial charge < -0.3 is 5.32 Å². The van der Waals surface area contributed by atoms with Gasteiger partial charge in [0, 0.05) is 6.54 Å². The zero-order chi connectivity index (χ0) is 15.5. The van der Waals surface area contributed by atoms with E-state index < -0.39 is 10.0 Å². The summed E-state index contributed by atoms with van der Waals surface area (Å²) in [6.07, 6.45) is 0. The minimum Gasteiger partial charge on any atom is -0.316 e. The smallest absolute Gasteiger partial charge is 0.262 e. The third-order valence-electron chi connectivity index (χ3n) is 2.83. The van der Waals surface area contributed by atoms with E-state index in [1.165, 1.54) is 0 Å². The number of anilines is 1. The van der Waals surface area contributed by atoms with E-state index in [4.69, 9.17) is 11.6 Å². The van der Waals surface area contributed by atoms with Gasteiger partial charge in [-0.2, -0.15) is 0 Å². The highest BCUT2D eigenvalue weighted by molar-refractivity contribution is 9.10. The number of nitrogens with one attached hydrogen (secondary N) is 2. The lowest BCUT2D eigenvalue weighted by molar-refractivity contribution is 0.599. The fourth-order valence-corrected chi connectivity index (χ4v) is 3.87. The average Bonchev–Trinajstić information content (AvgIpc) is 2.44. The molecule has 0 spiro atoms. The highest BCUT2D eigenvalue weighted by atomic mass is 79.9. The molecule has 21 heavy (non-hydrogen) atoms. The van der Waals surface area contributed by atoms with E-state index in [0.717, 1.165) is 0 Å². The summed E-state index contributed by atoms with van der Waals surface area (Å²) >= 11 is 9.26. The number of halogens is 2. The minimum absolute atomic E-state index is 0.242. The van der Waals surface area contributed by atoms with Crippen LogP contribution < -0.4 is 10.0 Å². The molecule has 0 radical (unpaired) electrons. The molecule has 0 aliphatic rings. The number of benzene rings is 2. The Morgan fingerprint density at radius 2 is 1.86 bits per heavy atom. The van der Waals surface area contributed by atoms with Crippen molar-refractivity contribution >= 4 is 43.2 Å². The van der Waals surface area contributed by atoms with Crippen molar-refractivity contribution in [1.29, 1.82) is 0 Å². The van der Waals surface area contributed by atoms with Gasteiger partial charge in [0.2, 0.25) is 0 Å². The summed E-state index contributed by atoms with van der Waals surface area (Å²) in [6, 6.07) is 11.9. The predicted molar refractivity (Wildman–Crippen MR) is 89.2 cm³/mol. The van der Waals surface area contributed by atoms with Crippen LogP contribution in [0.15, 0.2) is 51.8 Å². The van der Waals surface area contributed by atoms with Crippen molar-refractivity contribution in [3.05, 3.63) is 57.5 Å². The molecule has 0 bridgehead atoms. The molecule has 0 aliphatic heterocycles. The summed E-state index contributed by atoms with van der Waals surface area (Å²) in [5.41, 5.74) is 1.10. The standard InChI is InChI=1S/C14H14BrClN2O2S/c1-17-9-10-5-2-3-8-13(10)21(19,20)18-12-7-4-6-11(16)14(12)15/h2-8,17-18H,9H2,1H3. The fourth-order valence-electron chi connectivity index (χ4n) is 1.88. The Morgan fingerprint density at radius 1 is 1.14 bits per heavy atom. The number of rotatable bonds is 5. The van der Waals surface area contributed by atoms with Crippen molar-refractivity contribution in [1.82, 2.24) is 5.32 Å². The van der Waals surface area contributed by atoms with Gasteiger partial charge in [-0.1, -0.05) is 35.9 Å². The lowest BCUT2D eigenvalue weighted by atomic mass is 10.2. The molecular formula is C14H14BrClN2O2S. The van der Waals surface area contributed by atoms with Gasteiger partial charge in [0.1, 0.15) is 0 Å². The third kappa shape index (κ3) is 3.77. The zero-order valence-corrected chi connectivity index (χ0v) is 14.4. The van der Waals surface area contributed by atoms with Gasteiger partial charge in [-0.15, -0.1) is 0 Å². The van der Waals surface area contributed by atoms with E-state index in [0.29, 0.717) is 27.3 Å². The molecule has 0 heterocycles. The summed E-state index contributed by atoms with van der Waals surface area (Å²) in [6.45, 7) is 0.466. The summed E-state index contributed by atoms with van der Waals surface area (Å²) in [7, 11) is -1.92. The molecule has 2 rings (SSSR count). The monoisotopic (exact) mass is 388 g/mol. The number of hydrogen-bond acceptors (Lipinski definition) is 3. The Labute approximate surface area is 137 Å². The molecule has 0 aliphatic carbocycles. The van der Waals surface area contributed by atoms with Crippen LogP contribution in [0.1, 0.15) is 5.56 Å². The molecule has 0 atom stereocenters. The average molecular weight is 390 g/mol. The van der Waals surface area contributed by atoms with Crippen LogP contribution in [0.4, 0.5) is 5.69 Å². The van der Waals surface area contributed by atoms with Gasteiger partial charge in [0.25, 0.3) is 10.0 Å². The second-order valence-corrected chi connectivity index (χ2v) is 7.20. The van der Waals surface area contributed by atoms with E-state index >= 15 is 0 Å². The van der Waals surface area contributed by atoms with E-state index in [-0.39, 0.29) is 4.90 Å². The van der Waals surface area contributed by atoms with Crippen LogP contribution in [0.25, 0.3) is 0 Å². The molecule has 112 valence electrons. The van der Waals surface area contributed by atoms with Gasteiger partial charge in [0.15, 0.2) is 0 Å². The number of sulfonamides is 1. The van der Waals surface area contributed by atoms with Crippen LogP contribution in [-0.4, -0.2) is 15.5 Å². The summed E-state index contributed by atoms with van der Waals surface area (Å²) in [5, 5.41) is 3.40. The fraction of sp³-hybridized carbons (Fsp3) is 0.143. The Morgan fingerprint density at radius 3 is 2.57 bits per heavy atom. The highest BCUT2D eigenvalue weighted by Crippen LogP contribution is 2.31. The van der Waals surface area contributed by atoms with Crippen molar-refractivity contribution in [2.24, 2.45) is 0 Å². The van der Waals surface area contributed by atoms with Gasteiger partial charge >= 0.3 is 0 Å². The first-order valence-electron chi connectivity index (χ1n) is 6.15. The second-order valence-electron chi connectivity index (χ2n) is 4.34. The van der Waals surface area contributed by atoms with Crippen LogP contribution in [-0.2, 0) is 16.6 Å². The van der Waals surface area contributed by atoms with Crippen molar-refractivity contribution in [2.75, 3.05) is 11.8 Å². The Balaban J connectivity index is 2.41. The predicted octanol–water partition coefficient (Wildman–Crippen LogP) is 3.62. The summed E-state index contributed by atoms with van der Waals surface area (Å²) in [5.74, 6) is 0. The Bertz CT molecular complexity index is 750. The van der Waals surface area contributed by atoms with Crippen molar-refractivity contribution in [3.8, 4) is 0 Å². The molecule has 0 unspecified atom stereocenters. The maximum absolute atomic E-state index is 12.6. The first kappa shape index (κ1) is 16.3. The van der Waals surface area contributed by atoms with Crippen molar-refractivity contribution in [2.45, 2.75) is 11.4 Å². The molecule has 0 amide bonds. The van der Waals surface area contributed by atoms with Crippen LogP contribution in [0.5, 0.6) is 0 Å². The molecule has 0 saturated carbocycles. The van der Waals surface area contributed by atoms with Crippen LogP contribution in [0, 0.1) is 0 Å². The first-order chi connectivity index (χ1) is 9.95.